The normalized spacial score (nSPS) is 13.9. The van der Waals surface area contributed by atoms with E-state index in [-0.39, 0.29) is 17.4 Å². The van der Waals surface area contributed by atoms with Gasteiger partial charge in [-0.2, -0.15) is 5.10 Å². The number of benzene rings is 3. The van der Waals surface area contributed by atoms with Crippen LogP contribution in [0.4, 0.5) is 16.3 Å². The third-order valence-corrected chi connectivity index (χ3v) is 8.48. The fourth-order valence-electron chi connectivity index (χ4n) is 5.71. The van der Waals surface area contributed by atoms with Crippen LogP contribution >= 0.6 is 0 Å². The predicted octanol–water partition coefficient (Wildman–Crippen LogP) is 7.87. The summed E-state index contributed by atoms with van der Waals surface area (Å²) in [6.07, 6.45) is 5.91. The number of oxazole rings is 1. The highest BCUT2D eigenvalue weighted by atomic mass is 16.3. The number of likely N-dealkylation sites (tertiary alicyclic amines) is 1. The number of anilines is 2. The number of nitrogens with one attached hydrogen (secondary N) is 2. The first-order valence-corrected chi connectivity index (χ1v) is 15.7. The van der Waals surface area contributed by atoms with Crippen LogP contribution in [0.25, 0.3) is 17.0 Å². The molecule has 0 aliphatic carbocycles. The van der Waals surface area contributed by atoms with Crippen molar-refractivity contribution in [2.45, 2.75) is 52.4 Å². The first-order valence-electron chi connectivity index (χ1n) is 15.7. The van der Waals surface area contributed by atoms with Crippen LogP contribution in [0, 0.1) is 12.8 Å². The molecule has 1 aliphatic heterocycles. The molecule has 2 N–H and O–H groups in total. The number of amides is 3. The number of carbonyl (C=O) groups is 2. The monoisotopic (exact) mass is 616 g/mol. The summed E-state index contributed by atoms with van der Waals surface area (Å²) in [5.74, 6) is 1.85. The standard InChI is InChI=1S/C37H40N6O3/c1-25-5-15-31(16-6-25)43-34(22-33(41-43)37(2,3)4)40-36(45)39-30-13-7-26(8-14-30)21-27-17-19-42(20-18-27)35(44)29-11-9-28(10-12-29)32-23-38-24-46-32/h5-16,22-24,27H,17-21H2,1-4H3,(H2,39,40,45). The van der Waals surface area contributed by atoms with E-state index in [9.17, 15) is 9.59 Å². The highest BCUT2D eigenvalue weighted by Gasteiger charge is 2.24. The molecule has 9 heteroatoms. The molecule has 1 saturated heterocycles. The molecule has 0 saturated carbocycles. The quantitative estimate of drug-likeness (QED) is 0.194. The summed E-state index contributed by atoms with van der Waals surface area (Å²) in [5, 5.41) is 10.7. The van der Waals surface area contributed by atoms with E-state index in [4.69, 9.17) is 9.52 Å². The second kappa shape index (κ2) is 13.0. The summed E-state index contributed by atoms with van der Waals surface area (Å²) >= 11 is 0. The summed E-state index contributed by atoms with van der Waals surface area (Å²) in [6, 6.07) is 25.2. The summed E-state index contributed by atoms with van der Waals surface area (Å²) in [7, 11) is 0. The van der Waals surface area contributed by atoms with E-state index in [1.54, 1.807) is 10.9 Å². The zero-order chi connectivity index (χ0) is 32.3. The van der Waals surface area contributed by atoms with Crippen molar-refractivity contribution >= 4 is 23.4 Å². The lowest BCUT2D eigenvalue weighted by atomic mass is 9.90. The third kappa shape index (κ3) is 7.20. The van der Waals surface area contributed by atoms with E-state index < -0.39 is 0 Å². The lowest BCUT2D eigenvalue weighted by Crippen LogP contribution is -2.38. The van der Waals surface area contributed by atoms with E-state index in [0.717, 1.165) is 54.9 Å². The maximum atomic E-state index is 13.1. The van der Waals surface area contributed by atoms with Gasteiger partial charge in [-0.05, 0) is 74.1 Å². The molecule has 3 heterocycles. The molecular weight excluding hydrogens is 576 g/mol. The number of aryl methyl sites for hydroxylation is 1. The van der Waals surface area contributed by atoms with Crippen LogP contribution in [0.15, 0.2) is 95.9 Å². The van der Waals surface area contributed by atoms with Gasteiger partial charge in [0, 0.05) is 41.4 Å². The predicted molar refractivity (Wildman–Crippen MR) is 180 cm³/mol. The highest BCUT2D eigenvalue weighted by molar-refractivity contribution is 5.99. The Balaban J connectivity index is 1.01. The van der Waals surface area contributed by atoms with Crippen LogP contribution < -0.4 is 10.6 Å². The van der Waals surface area contributed by atoms with Gasteiger partial charge in [0.1, 0.15) is 5.82 Å². The van der Waals surface area contributed by atoms with Crippen molar-refractivity contribution in [1.82, 2.24) is 19.7 Å². The first kappa shape index (κ1) is 30.8. The molecule has 46 heavy (non-hydrogen) atoms. The Labute approximate surface area is 269 Å². The number of piperidine rings is 1. The molecule has 0 spiro atoms. The summed E-state index contributed by atoms with van der Waals surface area (Å²) in [5.41, 5.74) is 6.27. The fourth-order valence-corrected chi connectivity index (χ4v) is 5.71. The number of hydrogen-bond acceptors (Lipinski definition) is 5. The van der Waals surface area contributed by atoms with Crippen molar-refractivity contribution < 1.29 is 14.0 Å². The molecule has 6 rings (SSSR count). The van der Waals surface area contributed by atoms with Gasteiger partial charge in [-0.15, -0.1) is 0 Å². The van der Waals surface area contributed by atoms with Crippen LogP contribution in [0.1, 0.15) is 60.8 Å². The average molecular weight is 617 g/mol. The molecule has 1 fully saturated rings. The van der Waals surface area contributed by atoms with E-state index in [1.807, 2.05) is 78.6 Å². The summed E-state index contributed by atoms with van der Waals surface area (Å²) in [4.78, 5) is 32.0. The van der Waals surface area contributed by atoms with Crippen LogP contribution in [0.3, 0.4) is 0 Å². The Bertz CT molecular complexity index is 1780. The van der Waals surface area contributed by atoms with Crippen LogP contribution in [-0.4, -0.2) is 44.7 Å². The number of urea groups is 1. The lowest BCUT2D eigenvalue weighted by Gasteiger charge is -2.32. The largest absolute Gasteiger partial charge is 0.444 e. The first-order chi connectivity index (χ1) is 22.1. The molecule has 3 amide bonds. The van der Waals surface area contributed by atoms with Crippen molar-refractivity contribution in [1.29, 1.82) is 0 Å². The maximum Gasteiger partial charge on any atom is 0.324 e. The number of carbonyl (C=O) groups excluding carboxylic acids is 2. The Hall–Kier alpha value is -5.18. The Morgan fingerprint density at radius 1 is 0.913 bits per heavy atom. The van der Waals surface area contributed by atoms with Crippen molar-refractivity contribution in [3.8, 4) is 17.0 Å². The van der Waals surface area contributed by atoms with Crippen LogP contribution in [-0.2, 0) is 11.8 Å². The van der Waals surface area contributed by atoms with Gasteiger partial charge in [0.05, 0.1) is 17.6 Å². The fraction of sp³-hybridized carbons (Fsp3) is 0.297. The molecule has 3 aromatic carbocycles. The molecular formula is C37H40N6O3. The Morgan fingerprint density at radius 2 is 1.61 bits per heavy atom. The minimum absolute atomic E-state index is 0.0628. The Morgan fingerprint density at radius 3 is 2.24 bits per heavy atom. The van der Waals surface area contributed by atoms with Crippen molar-refractivity contribution in [2.24, 2.45) is 5.92 Å². The average Bonchev–Trinajstić information content (AvgIpc) is 3.74. The van der Waals surface area contributed by atoms with Gasteiger partial charge in [0.15, 0.2) is 12.2 Å². The SMILES string of the molecule is Cc1ccc(-n2nc(C(C)(C)C)cc2NC(=O)Nc2ccc(CC3CCN(C(=O)c4ccc(-c5cnco5)cc4)CC3)cc2)cc1. The summed E-state index contributed by atoms with van der Waals surface area (Å²) < 4.78 is 7.12. The zero-order valence-corrected chi connectivity index (χ0v) is 26.8. The number of nitrogens with zero attached hydrogens (tertiary/aromatic N) is 4. The number of rotatable bonds is 7. The van der Waals surface area contributed by atoms with Crippen LogP contribution in [0.2, 0.25) is 0 Å². The third-order valence-electron chi connectivity index (χ3n) is 8.48. The summed E-state index contributed by atoms with van der Waals surface area (Å²) in [6.45, 7) is 9.83. The van der Waals surface area contributed by atoms with Crippen molar-refractivity contribution in [3.63, 3.8) is 0 Å². The molecule has 0 radical (unpaired) electrons. The van der Waals surface area contributed by atoms with E-state index in [1.165, 1.54) is 12.0 Å². The highest BCUT2D eigenvalue weighted by Crippen LogP contribution is 2.28. The second-order valence-electron chi connectivity index (χ2n) is 13.1. The minimum Gasteiger partial charge on any atom is -0.444 e. The molecule has 0 bridgehead atoms. The number of hydrogen-bond donors (Lipinski definition) is 2. The van der Waals surface area contributed by atoms with Crippen molar-refractivity contribution in [2.75, 3.05) is 23.7 Å². The molecule has 236 valence electrons. The molecule has 9 nitrogen and oxygen atoms in total. The topological polar surface area (TPSA) is 105 Å². The molecule has 2 aromatic heterocycles. The van der Waals surface area contributed by atoms with Gasteiger partial charge in [0.2, 0.25) is 0 Å². The molecule has 0 unspecified atom stereocenters. The van der Waals surface area contributed by atoms with E-state index >= 15 is 0 Å². The minimum atomic E-state index is -0.328. The van der Waals surface area contributed by atoms with Gasteiger partial charge in [-0.25, -0.2) is 14.5 Å². The second-order valence-corrected chi connectivity index (χ2v) is 13.1. The molecule has 1 aliphatic rings. The van der Waals surface area contributed by atoms with Gasteiger partial charge in [0.25, 0.3) is 5.91 Å². The van der Waals surface area contributed by atoms with E-state index in [0.29, 0.717) is 28.7 Å². The number of aromatic nitrogens is 3. The maximum absolute atomic E-state index is 13.1. The smallest absolute Gasteiger partial charge is 0.324 e. The molecule has 5 aromatic rings. The van der Waals surface area contributed by atoms with Gasteiger partial charge < -0.3 is 14.6 Å². The van der Waals surface area contributed by atoms with Gasteiger partial charge in [-0.1, -0.05) is 62.7 Å². The van der Waals surface area contributed by atoms with Gasteiger partial charge >= 0.3 is 6.03 Å². The Kier molecular flexibility index (Phi) is 8.74. The van der Waals surface area contributed by atoms with E-state index in [2.05, 4.69) is 48.5 Å². The van der Waals surface area contributed by atoms with Crippen molar-refractivity contribution in [3.05, 3.63) is 114 Å². The van der Waals surface area contributed by atoms with Crippen LogP contribution in [0.5, 0.6) is 0 Å². The zero-order valence-electron chi connectivity index (χ0n) is 26.8. The lowest BCUT2D eigenvalue weighted by molar-refractivity contribution is 0.0690. The molecule has 0 atom stereocenters. The van der Waals surface area contributed by atoms with Gasteiger partial charge in [-0.3, -0.25) is 10.1 Å².